The molecule has 0 aliphatic carbocycles. The first-order valence-corrected chi connectivity index (χ1v) is 7.77. The van der Waals surface area contributed by atoms with Crippen LogP contribution in [0, 0.1) is 6.92 Å². The first-order chi connectivity index (χ1) is 11.2. The largest absolute Gasteiger partial charge is 0.381 e. The Labute approximate surface area is 137 Å². The smallest absolute Gasteiger partial charge is 0.0991 e. The molecule has 1 N–H and O–H groups in total. The molecule has 0 radical (unpaired) electrons. The molecular formula is C20H21N3. The minimum atomic E-state index is 0.832. The van der Waals surface area contributed by atoms with E-state index in [1.165, 1.54) is 16.7 Å². The molecule has 0 spiro atoms. The monoisotopic (exact) mass is 303 g/mol. The molecule has 0 aliphatic rings. The molecule has 3 aromatic rings. The Morgan fingerprint density at radius 3 is 2.70 bits per heavy atom. The highest BCUT2D eigenvalue weighted by Gasteiger charge is 2.02. The van der Waals surface area contributed by atoms with Crippen LogP contribution in [0.25, 0.3) is 11.8 Å². The number of benzene rings is 2. The van der Waals surface area contributed by atoms with Crippen molar-refractivity contribution in [2.24, 2.45) is 0 Å². The van der Waals surface area contributed by atoms with Gasteiger partial charge in [-0.05, 0) is 43.2 Å². The highest BCUT2D eigenvalue weighted by Crippen LogP contribution is 2.19. The van der Waals surface area contributed by atoms with E-state index in [-0.39, 0.29) is 0 Å². The van der Waals surface area contributed by atoms with Crippen molar-refractivity contribution in [1.82, 2.24) is 9.55 Å². The molecule has 1 heterocycles. The van der Waals surface area contributed by atoms with E-state index >= 15 is 0 Å². The minimum Gasteiger partial charge on any atom is -0.381 e. The Bertz CT molecular complexity index is 787. The third-order valence-corrected chi connectivity index (χ3v) is 3.76. The van der Waals surface area contributed by atoms with E-state index in [0.717, 1.165) is 17.9 Å². The molecule has 0 saturated carbocycles. The lowest BCUT2D eigenvalue weighted by atomic mass is 10.1. The summed E-state index contributed by atoms with van der Waals surface area (Å²) in [5, 5.41) is 3.48. The van der Waals surface area contributed by atoms with Crippen LogP contribution in [0.5, 0.6) is 0 Å². The molecule has 116 valence electrons. The number of aromatic nitrogens is 2. The lowest BCUT2D eigenvalue weighted by Gasteiger charge is -2.11. The molecule has 0 bridgehead atoms. The summed E-state index contributed by atoms with van der Waals surface area (Å²) < 4.78 is 2.03. The molecule has 3 heteroatoms. The van der Waals surface area contributed by atoms with E-state index in [1.807, 2.05) is 23.2 Å². The van der Waals surface area contributed by atoms with Gasteiger partial charge in [-0.1, -0.05) is 42.0 Å². The number of imidazole rings is 1. The summed E-state index contributed by atoms with van der Waals surface area (Å²) in [5.41, 5.74) is 6.04. The van der Waals surface area contributed by atoms with Crippen LogP contribution < -0.4 is 5.32 Å². The number of hydrogen-bond acceptors (Lipinski definition) is 2. The maximum Gasteiger partial charge on any atom is 0.0991 e. The fourth-order valence-electron chi connectivity index (χ4n) is 2.58. The van der Waals surface area contributed by atoms with Crippen molar-refractivity contribution in [3.63, 3.8) is 0 Å². The number of aryl methyl sites for hydroxylation is 1. The fourth-order valence-corrected chi connectivity index (χ4v) is 2.58. The van der Waals surface area contributed by atoms with Gasteiger partial charge in [-0.3, -0.25) is 0 Å². The Morgan fingerprint density at radius 1 is 1.17 bits per heavy atom. The quantitative estimate of drug-likeness (QED) is 0.740. The van der Waals surface area contributed by atoms with Gasteiger partial charge in [0, 0.05) is 30.3 Å². The molecule has 0 atom stereocenters. The molecule has 0 amide bonds. The van der Waals surface area contributed by atoms with Crippen LogP contribution in [-0.2, 0) is 0 Å². The van der Waals surface area contributed by atoms with Crippen LogP contribution in [0.1, 0.15) is 18.1 Å². The summed E-state index contributed by atoms with van der Waals surface area (Å²) in [6, 6.07) is 16.8. The van der Waals surface area contributed by atoms with Gasteiger partial charge in [0.05, 0.1) is 6.33 Å². The second-order valence-corrected chi connectivity index (χ2v) is 5.73. The zero-order chi connectivity index (χ0) is 16.1. The van der Waals surface area contributed by atoms with Gasteiger partial charge in [-0.25, -0.2) is 4.98 Å². The summed E-state index contributed by atoms with van der Waals surface area (Å²) in [5.74, 6) is 0. The number of rotatable bonds is 5. The van der Waals surface area contributed by atoms with Gasteiger partial charge >= 0.3 is 0 Å². The van der Waals surface area contributed by atoms with Crippen LogP contribution in [0.2, 0.25) is 0 Å². The first kappa shape index (κ1) is 15.1. The second-order valence-electron chi connectivity index (χ2n) is 5.73. The Hall–Kier alpha value is -2.81. The lowest BCUT2D eigenvalue weighted by molar-refractivity contribution is 1.04. The van der Waals surface area contributed by atoms with E-state index in [2.05, 4.69) is 72.7 Å². The van der Waals surface area contributed by atoms with Crippen LogP contribution in [0.15, 0.2) is 72.8 Å². The van der Waals surface area contributed by atoms with Gasteiger partial charge in [0.2, 0.25) is 0 Å². The number of hydrogen-bond donors (Lipinski definition) is 1. The van der Waals surface area contributed by atoms with Crippen molar-refractivity contribution in [2.75, 3.05) is 11.9 Å². The van der Waals surface area contributed by atoms with Crippen LogP contribution in [0.3, 0.4) is 0 Å². The summed E-state index contributed by atoms with van der Waals surface area (Å²) in [6.45, 7) is 5.10. The van der Waals surface area contributed by atoms with E-state index in [4.69, 9.17) is 0 Å². The molecule has 0 aliphatic heterocycles. The number of nitrogens with zero attached hydrogens (tertiary/aromatic N) is 2. The fraction of sp³-hybridized carbons (Fsp3) is 0.150. The summed E-state index contributed by atoms with van der Waals surface area (Å²) in [6.07, 6.45) is 7.79. The molecule has 3 rings (SSSR count). The van der Waals surface area contributed by atoms with Gasteiger partial charge in [0.25, 0.3) is 0 Å². The molecular weight excluding hydrogens is 282 g/mol. The van der Waals surface area contributed by atoms with E-state index in [9.17, 15) is 0 Å². The summed E-state index contributed by atoms with van der Waals surface area (Å²) in [7, 11) is 0. The van der Waals surface area contributed by atoms with Crippen LogP contribution in [0.4, 0.5) is 5.69 Å². The molecule has 1 aromatic heterocycles. The topological polar surface area (TPSA) is 29.9 Å². The third-order valence-electron chi connectivity index (χ3n) is 3.76. The summed E-state index contributed by atoms with van der Waals surface area (Å²) in [4.78, 5) is 4.10. The minimum absolute atomic E-state index is 0.832. The van der Waals surface area contributed by atoms with Gasteiger partial charge in [0.15, 0.2) is 0 Å². The molecule has 23 heavy (non-hydrogen) atoms. The van der Waals surface area contributed by atoms with E-state index in [1.54, 1.807) is 6.20 Å². The van der Waals surface area contributed by atoms with E-state index in [0.29, 0.717) is 0 Å². The second kappa shape index (κ2) is 6.97. The highest BCUT2D eigenvalue weighted by molar-refractivity contribution is 5.57. The molecule has 3 nitrogen and oxygen atoms in total. The van der Waals surface area contributed by atoms with Crippen molar-refractivity contribution in [2.45, 2.75) is 13.8 Å². The average molecular weight is 303 g/mol. The predicted molar refractivity (Wildman–Crippen MR) is 96.9 cm³/mol. The van der Waals surface area contributed by atoms with Crippen LogP contribution in [-0.4, -0.2) is 16.1 Å². The van der Waals surface area contributed by atoms with Gasteiger partial charge in [-0.15, -0.1) is 0 Å². The standard InChI is InChI=1S/C20H21N3/c1-16(12-18-6-4-3-5-7-18)14-22-19-8-9-20(17(2)13-19)23-11-10-21-15-23/h3-13,15,22H,14H2,1-2H3/b16-12+. The lowest BCUT2D eigenvalue weighted by Crippen LogP contribution is -2.03. The predicted octanol–water partition coefficient (Wildman–Crippen LogP) is 4.70. The molecule has 0 saturated heterocycles. The Morgan fingerprint density at radius 2 is 2.00 bits per heavy atom. The Kier molecular flexibility index (Phi) is 4.57. The van der Waals surface area contributed by atoms with E-state index < -0.39 is 0 Å². The van der Waals surface area contributed by atoms with Crippen molar-refractivity contribution in [1.29, 1.82) is 0 Å². The van der Waals surface area contributed by atoms with Crippen molar-refractivity contribution >= 4 is 11.8 Å². The molecule has 0 unspecified atom stereocenters. The van der Waals surface area contributed by atoms with Crippen LogP contribution >= 0.6 is 0 Å². The Balaban J connectivity index is 1.67. The zero-order valence-electron chi connectivity index (χ0n) is 13.5. The van der Waals surface area contributed by atoms with Gasteiger partial charge < -0.3 is 9.88 Å². The number of anilines is 1. The van der Waals surface area contributed by atoms with Crippen molar-refractivity contribution < 1.29 is 0 Å². The normalized spacial score (nSPS) is 11.5. The average Bonchev–Trinajstić information content (AvgIpc) is 3.08. The molecule has 2 aromatic carbocycles. The molecule has 0 fully saturated rings. The SMILES string of the molecule is C/C(=C\c1ccccc1)CNc1ccc(-n2ccnc2)c(C)c1. The van der Waals surface area contributed by atoms with Gasteiger partial charge in [0.1, 0.15) is 0 Å². The van der Waals surface area contributed by atoms with Crippen molar-refractivity contribution in [3.05, 3.63) is 84.0 Å². The summed E-state index contributed by atoms with van der Waals surface area (Å²) >= 11 is 0. The third kappa shape index (κ3) is 3.89. The van der Waals surface area contributed by atoms with Crippen molar-refractivity contribution in [3.8, 4) is 5.69 Å². The van der Waals surface area contributed by atoms with Gasteiger partial charge in [-0.2, -0.15) is 0 Å². The first-order valence-electron chi connectivity index (χ1n) is 7.77. The zero-order valence-corrected chi connectivity index (χ0v) is 13.5. The number of nitrogens with one attached hydrogen (secondary N) is 1. The maximum absolute atomic E-state index is 4.10. The maximum atomic E-state index is 4.10. The highest BCUT2D eigenvalue weighted by atomic mass is 15.0.